The maximum atomic E-state index is 13.2. The summed E-state index contributed by atoms with van der Waals surface area (Å²) in [6.45, 7) is 0. The molecule has 0 bridgehead atoms. The summed E-state index contributed by atoms with van der Waals surface area (Å²) in [6.07, 6.45) is 4.35. The van der Waals surface area contributed by atoms with Crippen LogP contribution in [0.5, 0.6) is 0 Å². The molecule has 0 saturated heterocycles. The summed E-state index contributed by atoms with van der Waals surface area (Å²) in [7, 11) is 3.69. The van der Waals surface area contributed by atoms with Crippen LogP contribution in [0.2, 0.25) is 0 Å². The Morgan fingerprint density at radius 1 is 1.47 bits per heavy atom. The predicted molar refractivity (Wildman–Crippen MR) is 66.4 cm³/mol. The first-order valence-corrected chi connectivity index (χ1v) is 6.17. The highest BCUT2D eigenvalue weighted by Gasteiger charge is 2.39. The van der Waals surface area contributed by atoms with Crippen molar-refractivity contribution >= 4 is 0 Å². The van der Waals surface area contributed by atoms with Gasteiger partial charge in [-0.15, -0.1) is 0 Å². The SMILES string of the molecule is CNC(CC1(OC)CCC1)c1cccc(F)c1. The third-order valence-electron chi connectivity index (χ3n) is 3.87. The highest BCUT2D eigenvalue weighted by atomic mass is 19.1. The zero-order chi connectivity index (χ0) is 12.3. The molecule has 1 saturated carbocycles. The average molecular weight is 237 g/mol. The molecule has 0 aromatic heterocycles. The lowest BCUT2D eigenvalue weighted by atomic mass is 9.74. The third kappa shape index (κ3) is 2.67. The van der Waals surface area contributed by atoms with Gasteiger partial charge in [-0.05, 0) is 50.4 Å². The van der Waals surface area contributed by atoms with Crippen LogP contribution in [0.15, 0.2) is 24.3 Å². The molecule has 1 aromatic rings. The molecule has 1 N–H and O–H groups in total. The molecule has 1 fully saturated rings. The first-order chi connectivity index (χ1) is 8.19. The molecule has 1 aliphatic carbocycles. The number of nitrogens with one attached hydrogen (secondary N) is 1. The molecule has 94 valence electrons. The van der Waals surface area contributed by atoms with Crippen LogP contribution in [0.1, 0.15) is 37.3 Å². The lowest BCUT2D eigenvalue weighted by molar-refractivity contribution is -0.0834. The molecular weight excluding hydrogens is 217 g/mol. The Hall–Kier alpha value is -0.930. The summed E-state index contributed by atoms with van der Waals surface area (Å²) in [5, 5.41) is 3.26. The van der Waals surface area contributed by atoms with E-state index in [-0.39, 0.29) is 17.5 Å². The van der Waals surface area contributed by atoms with Gasteiger partial charge in [-0.3, -0.25) is 0 Å². The summed E-state index contributed by atoms with van der Waals surface area (Å²) >= 11 is 0. The monoisotopic (exact) mass is 237 g/mol. The van der Waals surface area contributed by atoms with Gasteiger partial charge >= 0.3 is 0 Å². The van der Waals surface area contributed by atoms with Crippen molar-refractivity contribution in [1.82, 2.24) is 5.32 Å². The molecule has 0 heterocycles. The van der Waals surface area contributed by atoms with E-state index in [1.807, 2.05) is 13.1 Å². The van der Waals surface area contributed by atoms with Gasteiger partial charge in [0.25, 0.3) is 0 Å². The van der Waals surface area contributed by atoms with Gasteiger partial charge < -0.3 is 10.1 Å². The van der Waals surface area contributed by atoms with Gasteiger partial charge in [0, 0.05) is 13.2 Å². The van der Waals surface area contributed by atoms with Crippen LogP contribution < -0.4 is 5.32 Å². The zero-order valence-corrected chi connectivity index (χ0v) is 10.5. The highest BCUT2D eigenvalue weighted by molar-refractivity contribution is 5.21. The minimum absolute atomic E-state index is 0.00000567. The molecule has 1 unspecified atom stereocenters. The van der Waals surface area contributed by atoms with E-state index in [0.717, 1.165) is 24.8 Å². The topological polar surface area (TPSA) is 21.3 Å². The first-order valence-electron chi connectivity index (χ1n) is 6.17. The summed E-state index contributed by atoms with van der Waals surface area (Å²) in [6, 6.07) is 6.96. The molecule has 0 amide bonds. The van der Waals surface area contributed by atoms with Crippen molar-refractivity contribution in [3.8, 4) is 0 Å². The molecule has 2 nitrogen and oxygen atoms in total. The van der Waals surface area contributed by atoms with Crippen molar-refractivity contribution in [3.05, 3.63) is 35.6 Å². The summed E-state index contributed by atoms with van der Waals surface area (Å²) in [5.41, 5.74) is 0.996. The second-order valence-corrected chi connectivity index (χ2v) is 4.84. The summed E-state index contributed by atoms with van der Waals surface area (Å²) in [5.74, 6) is -0.178. The van der Waals surface area contributed by atoms with Crippen LogP contribution in [-0.2, 0) is 4.74 Å². The van der Waals surface area contributed by atoms with Crippen LogP contribution in [0.3, 0.4) is 0 Å². The van der Waals surface area contributed by atoms with E-state index in [9.17, 15) is 4.39 Å². The van der Waals surface area contributed by atoms with Crippen molar-refractivity contribution in [1.29, 1.82) is 0 Å². The molecule has 1 aromatic carbocycles. The summed E-state index contributed by atoms with van der Waals surface area (Å²) in [4.78, 5) is 0. The van der Waals surface area contributed by atoms with E-state index in [4.69, 9.17) is 4.74 Å². The second-order valence-electron chi connectivity index (χ2n) is 4.84. The van der Waals surface area contributed by atoms with Crippen LogP contribution in [0.4, 0.5) is 4.39 Å². The molecule has 1 atom stereocenters. The molecule has 0 spiro atoms. The van der Waals surface area contributed by atoms with Gasteiger partial charge in [0.15, 0.2) is 0 Å². The number of methoxy groups -OCH3 is 1. The normalized spacial score (nSPS) is 19.7. The van der Waals surface area contributed by atoms with Gasteiger partial charge in [0.2, 0.25) is 0 Å². The first kappa shape index (κ1) is 12.5. The van der Waals surface area contributed by atoms with Crippen LogP contribution in [0.25, 0.3) is 0 Å². The number of halogens is 1. The maximum Gasteiger partial charge on any atom is 0.123 e. The molecule has 1 aliphatic rings. The van der Waals surface area contributed by atoms with E-state index >= 15 is 0 Å². The minimum atomic E-state index is -0.178. The number of rotatable bonds is 5. The Kier molecular flexibility index (Phi) is 3.79. The largest absolute Gasteiger partial charge is 0.378 e. The number of hydrogen-bond donors (Lipinski definition) is 1. The van der Waals surface area contributed by atoms with E-state index < -0.39 is 0 Å². The van der Waals surface area contributed by atoms with Crippen LogP contribution in [0, 0.1) is 5.82 Å². The lowest BCUT2D eigenvalue weighted by Crippen LogP contribution is -2.42. The highest BCUT2D eigenvalue weighted by Crippen LogP contribution is 2.41. The standard InChI is InChI=1S/C14H20FNO/c1-16-13(10-14(17-2)7-4-8-14)11-5-3-6-12(15)9-11/h3,5-6,9,13,16H,4,7-8,10H2,1-2H3. The molecule has 17 heavy (non-hydrogen) atoms. The molecular formula is C14H20FNO. The van der Waals surface area contributed by atoms with Crippen LogP contribution in [-0.4, -0.2) is 19.8 Å². The van der Waals surface area contributed by atoms with Gasteiger partial charge in [0.05, 0.1) is 5.60 Å². The van der Waals surface area contributed by atoms with Gasteiger partial charge in [-0.25, -0.2) is 4.39 Å². The van der Waals surface area contributed by atoms with Gasteiger partial charge in [-0.1, -0.05) is 12.1 Å². The van der Waals surface area contributed by atoms with Crippen molar-refractivity contribution in [2.75, 3.05) is 14.2 Å². The number of ether oxygens (including phenoxy) is 1. The van der Waals surface area contributed by atoms with Crippen molar-refractivity contribution in [3.63, 3.8) is 0 Å². The quantitative estimate of drug-likeness (QED) is 0.850. The fourth-order valence-corrected chi connectivity index (χ4v) is 2.54. The van der Waals surface area contributed by atoms with Crippen molar-refractivity contribution in [2.45, 2.75) is 37.3 Å². The smallest absolute Gasteiger partial charge is 0.123 e. The second kappa shape index (κ2) is 5.15. The maximum absolute atomic E-state index is 13.2. The average Bonchev–Trinajstić information content (AvgIpc) is 2.29. The third-order valence-corrected chi connectivity index (χ3v) is 3.87. The molecule has 0 aliphatic heterocycles. The minimum Gasteiger partial charge on any atom is -0.378 e. The Bertz CT molecular complexity index is 371. The van der Waals surface area contributed by atoms with E-state index in [1.165, 1.54) is 12.5 Å². The predicted octanol–water partition coefficient (Wildman–Crippen LogP) is 3.05. The van der Waals surface area contributed by atoms with Crippen LogP contribution >= 0.6 is 0 Å². The Morgan fingerprint density at radius 2 is 2.24 bits per heavy atom. The summed E-state index contributed by atoms with van der Waals surface area (Å²) < 4.78 is 18.8. The zero-order valence-electron chi connectivity index (χ0n) is 10.5. The van der Waals surface area contributed by atoms with E-state index in [0.29, 0.717) is 0 Å². The Labute approximate surface area is 102 Å². The molecule has 0 radical (unpaired) electrons. The van der Waals surface area contributed by atoms with Gasteiger partial charge in [-0.2, -0.15) is 0 Å². The number of hydrogen-bond acceptors (Lipinski definition) is 2. The number of benzene rings is 1. The molecule has 3 heteroatoms. The van der Waals surface area contributed by atoms with Crippen molar-refractivity contribution in [2.24, 2.45) is 0 Å². The Balaban J connectivity index is 2.11. The fourth-order valence-electron chi connectivity index (χ4n) is 2.54. The van der Waals surface area contributed by atoms with E-state index in [2.05, 4.69) is 5.32 Å². The Morgan fingerprint density at radius 3 is 2.71 bits per heavy atom. The molecule has 2 rings (SSSR count). The van der Waals surface area contributed by atoms with Gasteiger partial charge in [0.1, 0.15) is 5.82 Å². The van der Waals surface area contributed by atoms with Crippen molar-refractivity contribution < 1.29 is 9.13 Å². The lowest BCUT2D eigenvalue weighted by Gasteiger charge is -2.42. The van der Waals surface area contributed by atoms with E-state index in [1.54, 1.807) is 19.2 Å². The fraction of sp³-hybridized carbons (Fsp3) is 0.571.